The van der Waals surface area contributed by atoms with Gasteiger partial charge in [-0.05, 0) is 158 Å². The first-order valence-corrected chi connectivity index (χ1v) is 29.1. The number of carbonyl (C=O) groups is 2. The van der Waals surface area contributed by atoms with Crippen LogP contribution >= 0.6 is 58.8 Å². The van der Waals surface area contributed by atoms with Gasteiger partial charge in [-0.3, -0.25) is 4.79 Å². The number of carboxylic acids is 1. The molecule has 0 spiro atoms. The molecule has 4 aliphatic heterocycles. The minimum absolute atomic E-state index is 0. The molecule has 2 unspecified atom stereocenters. The lowest BCUT2D eigenvalue weighted by Crippen LogP contribution is -2.30. The molecule has 0 bridgehead atoms. The number of nitrogens with two attached hydrogens (primary N) is 1. The van der Waals surface area contributed by atoms with Crippen molar-refractivity contribution in [3.63, 3.8) is 0 Å². The number of amides is 1. The summed E-state index contributed by atoms with van der Waals surface area (Å²) in [5, 5.41) is 43.7. The average molecular weight is 1250 g/mol. The normalized spacial score (nSPS) is 18.6. The zero-order valence-electron chi connectivity index (χ0n) is 47.1. The number of halogens is 5. The molecule has 0 radical (unpaired) electrons. The highest BCUT2D eigenvalue weighted by Gasteiger charge is 2.46. The summed E-state index contributed by atoms with van der Waals surface area (Å²) in [4.78, 5) is 36.4. The SMILES string of the molecule is C.CC1(c2cc(Cl)cc(Cl)c2)CC(c2ccc(C(=O)O)c3cccn23)=NO1.CCC1(CC)OB(O)c2cc(CN)ccc21.CCC1(CC)OB(O)c2cc(CNC(=O)c3ccc(C4=NOC(C)(c5cc(Cl)cc(Cl)c5)C4)n4cccc34)ccc21.Cl. The number of hydrogen-bond donors (Lipinski definition) is 5. The number of hydrogen-bond acceptors (Lipinski definition) is 11. The highest BCUT2D eigenvalue weighted by Crippen LogP contribution is 2.42. The van der Waals surface area contributed by atoms with E-state index in [4.69, 9.17) is 71.1 Å². The number of pyridine rings is 2. The highest BCUT2D eigenvalue weighted by atomic mass is 35.5. The second kappa shape index (κ2) is 25.9. The standard InChI is InChI=1S/C31H30BCl2N3O4.C19H14Cl2N2O3.C12H18BNO2.CH4.ClH/c1-4-31(5-2)24-10-8-19(13-25(24)32(39)40-31)18-35-29(38)23-9-11-28(37-12-6-7-27(23)37)26-17-30(3,41-36-26)20-14-21(33)16-22(34)15-20;1-19(11-7-12(20)9-13(21)8-11)10-15(22-26-19)17-5-4-14(18(24)25)16-3-2-6-23(16)17;1-3-12(4-2)10-6-5-9(8-14)7-11(10)13(15)16-12;;/h6-16,39H,4-5,17-18H2,1-3H3,(H,35,38);2-9H,10H2,1H3,(H,24,25);5-7,15H,3-4,8,14H2,1-2H3;1H4;1H. The Hall–Kier alpha value is -6.34. The molecule has 22 heteroatoms. The Morgan fingerprint density at radius 1 is 0.612 bits per heavy atom. The van der Waals surface area contributed by atoms with Crippen molar-refractivity contribution < 1.29 is 43.7 Å². The topological polar surface area (TPSA) is 203 Å². The van der Waals surface area contributed by atoms with Crippen LogP contribution in [-0.2, 0) is 54.5 Å². The van der Waals surface area contributed by atoms with E-state index in [1.54, 1.807) is 36.4 Å². The van der Waals surface area contributed by atoms with E-state index < -0.39 is 37.0 Å². The van der Waals surface area contributed by atoms with Crippen LogP contribution in [0.25, 0.3) is 11.0 Å². The van der Waals surface area contributed by atoms with Gasteiger partial charge in [-0.15, -0.1) is 12.4 Å². The van der Waals surface area contributed by atoms with E-state index in [9.17, 15) is 24.7 Å². The lowest BCUT2D eigenvalue weighted by molar-refractivity contribution is -0.00755. The molecule has 12 rings (SSSR count). The molecule has 6 N–H and O–H groups in total. The van der Waals surface area contributed by atoms with Crippen LogP contribution in [0.5, 0.6) is 0 Å². The second-order valence-corrected chi connectivity index (χ2v) is 23.3. The fourth-order valence-corrected chi connectivity index (χ4v) is 12.8. The van der Waals surface area contributed by atoms with Crippen LogP contribution in [0.15, 0.2) is 144 Å². The van der Waals surface area contributed by atoms with Crippen molar-refractivity contribution in [2.45, 2.75) is 123 Å². The van der Waals surface area contributed by atoms with Gasteiger partial charge in [0.15, 0.2) is 11.2 Å². The van der Waals surface area contributed by atoms with Crippen LogP contribution in [0.4, 0.5) is 0 Å². The van der Waals surface area contributed by atoms with Crippen molar-refractivity contribution in [1.82, 2.24) is 14.1 Å². The van der Waals surface area contributed by atoms with Crippen LogP contribution in [0.1, 0.15) is 153 Å². The third-order valence-electron chi connectivity index (χ3n) is 16.5. The zero-order chi connectivity index (χ0) is 59.2. The van der Waals surface area contributed by atoms with Gasteiger partial charge in [0.05, 0.1) is 44.8 Å². The maximum atomic E-state index is 13.3. The van der Waals surface area contributed by atoms with E-state index in [0.717, 1.165) is 98.3 Å². The Kier molecular flexibility index (Phi) is 19.7. The number of aromatic nitrogens is 2. The van der Waals surface area contributed by atoms with Gasteiger partial charge in [-0.2, -0.15) is 0 Å². The Morgan fingerprint density at radius 2 is 1.02 bits per heavy atom. The summed E-state index contributed by atoms with van der Waals surface area (Å²) < 4.78 is 15.4. The Morgan fingerprint density at radius 3 is 1.45 bits per heavy atom. The molecule has 0 fully saturated rings. The number of rotatable bonds is 13. The minimum Gasteiger partial charge on any atom is -0.478 e. The van der Waals surface area contributed by atoms with E-state index in [-0.39, 0.29) is 36.9 Å². The van der Waals surface area contributed by atoms with Crippen LogP contribution in [-0.4, -0.2) is 61.5 Å². The fourth-order valence-electron chi connectivity index (χ4n) is 11.8. The van der Waals surface area contributed by atoms with Gasteiger partial charge >= 0.3 is 20.2 Å². The van der Waals surface area contributed by atoms with Crippen molar-refractivity contribution >= 4 is 118 Å². The second-order valence-electron chi connectivity index (χ2n) is 21.6. The predicted octanol–water partition coefficient (Wildman–Crippen LogP) is 12.9. The van der Waals surface area contributed by atoms with Crippen LogP contribution in [0.2, 0.25) is 20.1 Å². The number of nitrogens with zero attached hydrogens (tertiary/aromatic N) is 4. The van der Waals surface area contributed by atoms with Gasteiger partial charge in [0, 0.05) is 69.5 Å². The minimum atomic E-state index is -0.969. The summed E-state index contributed by atoms with van der Waals surface area (Å²) in [6.45, 7) is 13.0. The first kappa shape index (κ1) is 64.7. The Balaban J connectivity index is 0.000000182. The Bertz CT molecular complexity index is 3850. The molecule has 85 heavy (non-hydrogen) atoms. The molecule has 4 aliphatic rings. The number of carboxylic acid groups (broad SMARTS) is 1. The molecule has 8 aromatic rings. The molecule has 0 aliphatic carbocycles. The molecular formula is C63H67B2Cl5N6O9. The van der Waals surface area contributed by atoms with Crippen molar-refractivity contribution in [2.75, 3.05) is 0 Å². The van der Waals surface area contributed by atoms with Crippen LogP contribution in [0.3, 0.4) is 0 Å². The van der Waals surface area contributed by atoms with Gasteiger partial charge in [0.2, 0.25) is 0 Å². The quantitative estimate of drug-likeness (QED) is 0.0691. The molecule has 0 saturated carbocycles. The smallest absolute Gasteiger partial charge is 0.478 e. The number of fused-ring (bicyclic) bond motifs is 4. The molecule has 444 valence electrons. The van der Waals surface area contributed by atoms with E-state index in [0.29, 0.717) is 57.1 Å². The van der Waals surface area contributed by atoms with Crippen LogP contribution in [0, 0.1) is 0 Å². The summed E-state index contributed by atoms with van der Waals surface area (Å²) >= 11 is 24.7. The van der Waals surface area contributed by atoms with E-state index >= 15 is 0 Å². The summed E-state index contributed by atoms with van der Waals surface area (Å²) in [7, 11) is -1.77. The van der Waals surface area contributed by atoms with Gasteiger partial charge in [-0.1, -0.05) is 128 Å². The molecule has 4 aromatic heterocycles. The summed E-state index contributed by atoms with van der Waals surface area (Å²) in [6, 6.07) is 37.0. The zero-order valence-corrected chi connectivity index (χ0v) is 50.9. The molecule has 8 heterocycles. The van der Waals surface area contributed by atoms with Gasteiger partial charge in [0.1, 0.15) is 11.4 Å². The van der Waals surface area contributed by atoms with Gasteiger partial charge < -0.3 is 54.0 Å². The maximum absolute atomic E-state index is 13.3. The third-order valence-corrected chi connectivity index (χ3v) is 17.4. The number of oxime groups is 2. The van der Waals surface area contributed by atoms with Gasteiger partial charge in [-0.25, -0.2) is 4.79 Å². The summed E-state index contributed by atoms with van der Waals surface area (Å²) in [5.74, 6) is -1.17. The van der Waals surface area contributed by atoms with E-state index in [2.05, 4.69) is 43.3 Å². The van der Waals surface area contributed by atoms with Crippen molar-refractivity contribution in [2.24, 2.45) is 16.0 Å². The number of carbonyl (C=O) groups excluding carboxylic acids is 1. The van der Waals surface area contributed by atoms with Crippen LogP contribution < -0.4 is 22.0 Å². The molecule has 2 atom stereocenters. The maximum Gasteiger partial charge on any atom is 0.492 e. The average Bonchev–Trinajstić information content (AvgIpc) is 2.55. The molecule has 15 nitrogen and oxygen atoms in total. The number of aromatic carboxylic acids is 1. The van der Waals surface area contributed by atoms with Gasteiger partial charge in [0.25, 0.3) is 5.91 Å². The first-order chi connectivity index (χ1) is 39.7. The largest absolute Gasteiger partial charge is 0.492 e. The van der Waals surface area contributed by atoms with E-state index in [1.807, 2.05) is 120 Å². The third kappa shape index (κ3) is 12.5. The lowest BCUT2D eigenvalue weighted by Gasteiger charge is -2.28. The Labute approximate surface area is 521 Å². The summed E-state index contributed by atoms with van der Waals surface area (Å²) in [5.41, 5.74) is 16.0. The van der Waals surface area contributed by atoms with Crippen molar-refractivity contribution in [1.29, 1.82) is 0 Å². The highest BCUT2D eigenvalue weighted by molar-refractivity contribution is 6.62. The predicted molar refractivity (Wildman–Crippen MR) is 342 cm³/mol. The first-order valence-electron chi connectivity index (χ1n) is 27.5. The molecular weight excluding hydrogens is 1180 g/mol. The van der Waals surface area contributed by atoms with E-state index in [1.165, 1.54) is 0 Å². The molecule has 0 saturated heterocycles. The molecule has 1 amide bonds. The summed E-state index contributed by atoms with van der Waals surface area (Å²) in [6.07, 6.45) is 8.03. The lowest BCUT2D eigenvalue weighted by atomic mass is 9.76. The number of benzene rings is 4. The molecule has 4 aromatic carbocycles. The monoisotopic (exact) mass is 1250 g/mol. The van der Waals surface area contributed by atoms with Crippen molar-refractivity contribution in [3.05, 3.63) is 210 Å². The fraction of sp³-hybridized carbons (Fsp3) is 0.302. The number of nitrogens with one attached hydrogen (secondary N) is 1. The van der Waals surface area contributed by atoms with Crippen molar-refractivity contribution in [3.8, 4) is 0 Å².